The van der Waals surface area contributed by atoms with Gasteiger partial charge in [-0.15, -0.1) is 10.2 Å². The topological polar surface area (TPSA) is 91.7 Å². The minimum atomic E-state index is 0.557. The second-order valence-electron chi connectivity index (χ2n) is 3.07. The number of hydrogen-bond acceptors (Lipinski definition) is 6. The van der Waals surface area contributed by atoms with Gasteiger partial charge >= 0.3 is 0 Å². The number of hydrazone groups is 1. The van der Waals surface area contributed by atoms with Crippen molar-refractivity contribution < 1.29 is 0 Å². The van der Waals surface area contributed by atoms with Gasteiger partial charge in [0.05, 0.1) is 11.4 Å². The van der Waals surface area contributed by atoms with E-state index in [0.29, 0.717) is 11.4 Å². The number of hydrazine groups is 2. The van der Waals surface area contributed by atoms with Crippen LogP contribution in [0.15, 0.2) is 23.3 Å². The molecule has 0 unspecified atom stereocenters. The van der Waals surface area contributed by atoms with Crippen LogP contribution in [0.1, 0.15) is 5.56 Å². The fourth-order valence-electron chi connectivity index (χ4n) is 1.19. The zero-order valence-electron chi connectivity index (χ0n) is 7.78. The highest BCUT2D eigenvalue weighted by Gasteiger charge is 2.12. The molecule has 0 atom stereocenters. The number of anilines is 2. The van der Waals surface area contributed by atoms with E-state index in [0.717, 1.165) is 11.4 Å². The smallest absolute Gasteiger partial charge is 0.170 e. The number of rotatable bonds is 1. The Morgan fingerprint density at radius 1 is 1.29 bits per heavy atom. The number of nitrogens with one attached hydrogen (secondary N) is 2. The average Bonchev–Trinajstić information content (AvgIpc) is 2.57. The van der Waals surface area contributed by atoms with E-state index in [1.54, 1.807) is 17.3 Å². The summed E-state index contributed by atoms with van der Waals surface area (Å²) in [7, 11) is 1.82. The maximum atomic E-state index is 5.68. The Labute approximate surface area is 81.5 Å². The zero-order chi connectivity index (χ0) is 10.1. The molecule has 0 aromatic heterocycles. The molecule has 6 nitrogen and oxygen atoms in total. The number of hydrogen-bond donors (Lipinski definition) is 4. The predicted octanol–water partition coefficient (Wildman–Crippen LogP) is -0.533. The van der Waals surface area contributed by atoms with E-state index in [4.69, 9.17) is 11.5 Å². The third-order valence-corrected chi connectivity index (χ3v) is 1.95. The molecule has 0 fully saturated rings. The molecule has 6 heteroatoms. The van der Waals surface area contributed by atoms with Crippen LogP contribution in [0.5, 0.6) is 0 Å². The van der Waals surface area contributed by atoms with E-state index >= 15 is 0 Å². The maximum absolute atomic E-state index is 5.68. The average molecular weight is 192 g/mol. The zero-order valence-corrected chi connectivity index (χ0v) is 7.78. The molecule has 1 aromatic carbocycles. The van der Waals surface area contributed by atoms with E-state index in [1.165, 1.54) is 0 Å². The Hall–Kier alpha value is -1.95. The van der Waals surface area contributed by atoms with Crippen molar-refractivity contribution in [3.8, 4) is 0 Å². The molecule has 74 valence electrons. The van der Waals surface area contributed by atoms with Crippen molar-refractivity contribution in [3.63, 3.8) is 0 Å². The van der Waals surface area contributed by atoms with Crippen LogP contribution in [-0.2, 0) is 0 Å². The summed E-state index contributed by atoms with van der Waals surface area (Å²) >= 11 is 0. The molecule has 1 aliphatic heterocycles. The Morgan fingerprint density at radius 2 is 2.07 bits per heavy atom. The summed E-state index contributed by atoms with van der Waals surface area (Å²) in [5.41, 5.74) is 19.0. The molecule has 0 bridgehead atoms. The largest absolute Gasteiger partial charge is 0.397 e. The first-order valence-electron chi connectivity index (χ1n) is 4.16. The standard InChI is InChI=1S/C8H12N6/c1-14-12-8(11-13-14)5-2-3-6(9)7(10)4-5/h2-4,13H,9-10H2,1H3,(H,11,12). The molecule has 0 amide bonds. The molecule has 0 saturated heterocycles. The monoisotopic (exact) mass is 192 g/mol. The van der Waals surface area contributed by atoms with Crippen molar-refractivity contribution in [2.75, 3.05) is 18.5 Å². The fourth-order valence-corrected chi connectivity index (χ4v) is 1.19. The Balaban J connectivity index is 2.30. The number of nitrogens with zero attached hydrogens (tertiary/aromatic N) is 2. The van der Waals surface area contributed by atoms with Crippen molar-refractivity contribution in [1.82, 2.24) is 16.1 Å². The molecule has 14 heavy (non-hydrogen) atoms. The van der Waals surface area contributed by atoms with Gasteiger partial charge in [-0.25, -0.2) is 5.53 Å². The lowest BCUT2D eigenvalue weighted by molar-refractivity contribution is 0.232. The summed E-state index contributed by atoms with van der Waals surface area (Å²) in [4.78, 5) is 0. The highest BCUT2D eigenvalue weighted by molar-refractivity contribution is 6.00. The maximum Gasteiger partial charge on any atom is 0.170 e. The molecule has 0 radical (unpaired) electrons. The highest BCUT2D eigenvalue weighted by atomic mass is 15.9. The van der Waals surface area contributed by atoms with Gasteiger partial charge in [-0.1, -0.05) is 0 Å². The number of benzene rings is 1. The van der Waals surface area contributed by atoms with E-state index in [-0.39, 0.29) is 0 Å². The van der Waals surface area contributed by atoms with Crippen LogP contribution < -0.4 is 22.4 Å². The van der Waals surface area contributed by atoms with Crippen molar-refractivity contribution in [2.24, 2.45) is 5.10 Å². The third-order valence-electron chi connectivity index (χ3n) is 1.95. The van der Waals surface area contributed by atoms with Gasteiger partial charge in [0.25, 0.3) is 0 Å². The van der Waals surface area contributed by atoms with Crippen molar-refractivity contribution >= 4 is 17.2 Å². The van der Waals surface area contributed by atoms with Gasteiger partial charge in [-0.05, 0) is 18.2 Å². The molecule has 0 aliphatic carbocycles. The Kier molecular flexibility index (Phi) is 1.90. The van der Waals surface area contributed by atoms with Gasteiger partial charge in [0.15, 0.2) is 5.84 Å². The number of amidine groups is 1. The van der Waals surface area contributed by atoms with Crippen molar-refractivity contribution in [2.45, 2.75) is 0 Å². The molecule has 1 heterocycles. The molecule has 6 N–H and O–H groups in total. The summed E-state index contributed by atoms with van der Waals surface area (Å²) < 4.78 is 0. The first kappa shape index (κ1) is 8.64. The minimum absolute atomic E-state index is 0.557. The lowest BCUT2D eigenvalue weighted by Crippen LogP contribution is -2.37. The SMILES string of the molecule is CN1NN=C(c2ccc(N)c(N)c2)N1. The third kappa shape index (κ3) is 1.42. The van der Waals surface area contributed by atoms with Crippen LogP contribution in [0.25, 0.3) is 0 Å². The number of nitrogen functional groups attached to an aromatic ring is 2. The van der Waals surface area contributed by atoms with E-state index in [9.17, 15) is 0 Å². The van der Waals surface area contributed by atoms with Crippen LogP contribution in [-0.4, -0.2) is 18.0 Å². The molecular formula is C8H12N6. The summed E-state index contributed by atoms with van der Waals surface area (Å²) in [6, 6.07) is 5.40. The van der Waals surface area contributed by atoms with E-state index in [1.807, 2.05) is 13.1 Å². The quantitative estimate of drug-likeness (QED) is 0.449. The van der Waals surface area contributed by atoms with Gasteiger partial charge in [0.2, 0.25) is 0 Å². The Morgan fingerprint density at radius 3 is 2.64 bits per heavy atom. The van der Waals surface area contributed by atoms with Crippen LogP contribution in [0.3, 0.4) is 0 Å². The van der Waals surface area contributed by atoms with Crippen LogP contribution in [0.2, 0.25) is 0 Å². The second kappa shape index (κ2) is 3.08. The van der Waals surface area contributed by atoms with Gasteiger partial charge in [-0.3, -0.25) is 5.43 Å². The molecule has 2 rings (SSSR count). The van der Waals surface area contributed by atoms with E-state index in [2.05, 4.69) is 16.1 Å². The predicted molar refractivity (Wildman–Crippen MR) is 55.8 cm³/mol. The summed E-state index contributed by atoms with van der Waals surface area (Å²) in [6.45, 7) is 0. The lowest BCUT2D eigenvalue weighted by atomic mass is 10.1. The summed E-state index contributed by atoms with van der Waals surface area (Å²) in [6.07, 6.45) is 0. The highest BCUT2D eigenvalue weighted by Crippen LogP contribution is 2.16. The summed E-state index contributed by atoms with van der Waals surface area (Å²) in [5, 5.41) is 5.68. The molecular weight excluding hydrogens is 180 g/mol. The van der Waals surface area contributed by atoms with Gasteiger partial charge < -0.3 is 11.5 Å². The minimum Gasteiger partial charge on any atom is -0.397 e. The first-order valence-corrected chi connectivity index (χ1v) is 4.16. The van der Waals surface area contributed by atoms with E-state index < -0.39 is 0 Å². The van der Waals surface area contributed by atoms with Gasteiger partial charge in [-0.2, -0.15) is 0 Å². The molecule has 1 aliphatic rings. The van der Waals surface area contributed by atoms with Crippen molar-refractivity contribution in [1.29, 1.82) is 0 Å². The number of nitrogens with two attached hydrogens (primary N) is 2. The first-order chi connectivity index (χ1) is 6.66. The molecule has 0 spiro atoms. The van der Waals surface area contributed by atoms with Gasteiger partial charge in [0.1, 0.15) is 0 Å². The fraction of sp³-hybridized carbons (Fsp3) is 0.125. The summed E-state index contributed by atoms with van der Waals surface area (Å²) in [5.74, 6) is 0.721. The lowest BCUT2D eigenvalue weighted by Gasteiger charge is -2.08. The molecule has 0 saturated carbocycles. The van der Waals surface area contributed by atoms with Crippen LogP contribution in [0, 0.1) is 0 Å². The van der Waals surface area contributed by atoms with Crippen LogP contribution in [0.4, 0.5) is 11.4 Å². The van der Waals surface area contributed by atoms with Crippen LogP contribution >= 0.6 is 0 Å². The second-order valence-corrected chi connectivity index (χ2v) is 3.07. The van der Waals surface area contributed by atoms with Gasteiger partial charge in [0, 0.05) is 12.6 Å². The molecule has 1 aromatic rings. The Bertz CT molecular complexity index is 385. The normalized spacial score (nSPS) is 15.9. The van der Waals surface area contributed by atoms with Crippen molar-refractivity contribution in [3.05, 3.63) is 23.8 Å².